The second kappa shape index (κ2) is 5.03. The third-order valence-corrected chi connectivity index (χ3v) is 3.91. The maximum atomic E-state index is 11.0. The van der Waals surface area contributed by atoms with Crippen molar-refractivity contribution in [1.29, 1.82) is 0 Å². The van der Waals surface area contributed by atoms with Gasteiger partial charge in [0, 0.05) is 12.1 Å². The van der Waals surface area contributed by atoms with Gasteiger partial charge in [-0.3, -0.25) is 10.1 Å². The molecule has 0 bridgehead atoms. The van der Waals surface area contributed by atoms with Gasteiger partial charge in [0.05, 0.1) is 4.92 Å². The van der Waals surface area contributed by atoms with Gasteiger partial charge in [0.2, 0.25) is 5.82 Å². The number of hydrogen-bond donors (Lipinski definition) is 2. The van der Waals surface area contributed by atoms with Crippen LogP contribution >= 0.6 is 0 Å². The van der Waals surface area contributed by atoms with Crippen LogP contribution in [0.25, 0.3) is 0 Å². The highest BCUT2D eigenvalue weighted by Gasteiger charge is 2.33. The average molecular weight is 264 g/mol. The van der Waals surface area contributed by atoms with Crippen LogP contribution in [0.15, 0.2) is 12.1 Å². The Morgan fingerprint density at radius 3 is 2.84 bits per heavy atom. The predicted octanol–water partition coefficient (Wildman–Crippen LogP) is 2.95. The number of nitrogens with two attached hydrogens (primary N) is 1. The fourth-order valence-corrected chi connectivity index (χ4v) is 2.65. The van der Waals surface area contributed by atoms with Gasteiger partial charge < -0.3 is 11.1 Å². The van der Waals surface area contributed by atoms with Gasteiger partial charge >= 0.3 is 5.69 Å². The molecule has 19 heavy (non-hydrogen) atoms. The van der Waals surface area contributed by atoms with Gasteiger partial charge in [0.15, 0.2) is 0 Å². The molecule has 1 aliphatic rings. The van der Waals surface area contributed by atoms with Crippen LogP contribution in [0.4, 0.5) is 17.3 Å². The molecule has 3 N–H and O–H groups in total. The van der Waals surface area contributed by atoms with Crippen LogP contribution in [0, 0.1) is 15.5 Å². The smallest absolute Gasteiger partial charge is 0.311 e. The summed E-state index contributed by atoms with van der Waals surface area (Å²) in [6.07, 6.45) is 4.45. The lowest BCUT2D eigenvalue weighted by molar-refractivity contribution is -0.384. The van der Waals surface area contributed by atoms with Crippen molar-refractivity contribution in [1.82, 2.24) is 4.98 Å². The predicted molar refractivity (Wildman–Crippen MR) is 75.0 cm³/mol. The summed E-state index contributed by atoms with van der Waals surface area (Å²) in [5.74, 6) is 0.576. The summed E-state index contributed by atoms with van der Waals surface area (Å²) in [5.41, 5.74) is 5.72. The molecule has 0 amide bonds. The van der Waals surface area contributed by atoms with Crippen molar-refractivity contribution in [3.63, 3.8) is 0 Å². The van der Waals surface area contributed by atoms with Gasteiger partial charge in [0.25, 0.3) is 0 Å². The molecule has 1 aromatic heterocycles. The van der Waals surface area contributed by atoms with Crippen molar-refractivity contribution in [2.45, 2.75) is 45.6 Å². The highest BCUT2D eigenvalue weighted by molar-refractivity contribution is 5.59. The molecule has 1 aromatic rings. The highest BCUT2D eigenvalue weighted by atomic mass is 16.6. The second-order valence-electron chi connectivity index (χ2n) is 5.79. The van der Waals surface area contributed by atoms with E-state index in [4.69, 9.17) is 5.73 Å². The second-order valence-corrected chi connectivity index (χ2v) is 5.79. The number of pyridine rings is 1. The molecule has 0 saturated heterocycles. The average Bonchev–Trinajstić information content (AvgIpc) is 2.31. The van der Waals surface area contributed by atoms with E-state index in [2.05, 4.69) is 24.1 Å². The van der Waals surface area contributed by atoms with Gasteiger partial charge in [-0.25, -0.2) is 4.98 Å². The topological polar surface area (TPSA) is 94.1 Å². The van der Waals surface area contributed by atoms with Crippen molar-refractivity contribution < 1.29 is 4.92 Å². The van der Waals surface area contributed by atoms with E-state index in [0.29, 0.717) is 5.82 Å². The van der Waals surface area contributed by atoms with Crippen LogP contribution in [0.5, 0.6) is 0 Å². The lowest BCUT2D eigenvalue weighted by Crippen LogP contribution is -2.39. The Balaban J connectivity index is 2.27. The SMILES string of the molecule is CC1(C)CCCCC1Nc1nc(N)ccc1[N+](=O)[O-]. The van der Waals surface area contributed by atoms with Crippen LogP contribution in [0.3, 0.4) is 0 Å². The molecule has 0 aliphatic heterocycles. The van der Waals surface area contributed by atoms with E-state index in [1.807, 2.05) is 0 Å². The minimum absolute atomic E-state index is 0.0180. The van der Waals surface area contributed by atoms with E-state index in [1.54, 1.807) is 0 Å². The molecule has 6 nitrogen and oxygen atoms in total. The molecule has 0 spiro atoms. The van der Waals surface area contributed by atoms with E-state index in [0.717, 1.165) is 19.3 Å². The number of nitrogens with one attached hydrogen (secondary N) is 1. The lowest BCUT2D eigenvalue weighted by atomic mass is 9.73. The molecule has 1 unspecified atom stereocenters. The van der Waals surface area contributed by atoms with Crippen molar-refractivity contribution in [2.75, 3.05) is 11.1 Å². The fourth-order valence-electron chi connectivity index (χ4n) is 2.65. The number of aromatic nitrogens is 1. The highest BCUT2D eigenvalue weighted by Crippen LogP contribution is 2.38. The van der Waals surface area contributed by atoms with E-state index in [9.17, 15) is 10.1 Å². The van der Waals surface area contributed by atoms with E-state index in [1.165, 1.54) is 18.6 Å². The number of nitrogens with zero attached hydrogens (tertiary/aromatic N) is 2. The third-order valence-electron chi connectivity index (χ3n) is 3.91. The Kier molecular flexibility index (Phi) is 3.59. The number of anilines is 2. The van der Waals surface area contributed by atoms with Crippen LogP contribution < -0.4 is 11.1 Å². The zero-order chi connectivity index (χ0) is 14.0. The number of nitrogen functional groups attached to an aromatic ring is 1. The van der Waals surface area contributed by atoms with E-state index < -0.39 is 4.92 Å². The molecule has 2 rings (SSSR count). The van der Waals surface area contributed by atoms with Gasteiger partial charge in [-0.05, 0) is 24.3 Å². The van der Waals surface area contributed by atoms with Gasteiger partial charge in [0.1, 0.15) is 5.82 Å². The van der Waals surface area contributed by atoms with Crippen molar-refractivity contribution in [2.24, 2.45) is 5.41 Å². The quantitative estimate of drug-likeness (QED) is 0.646. The van der Waals surface area contributed by atoms with Gasteiger partial charge in [-0.15, -0.1) is 0 Å². The van der Waals surface area contributed by atoms with Crippen LogP contribution in [-0.4, -0.2) is 15.9 Å². The molecule has 1 fully saturated rings. The van der Waals surface area contributed by atoms with E-state index >= 15 is 0 Å². The Morgan fingerprint density at radius 1 is 1.47 bits per heavy atom. The maximum Gasteiger partial charge on any atom is 0.311 e. The molecule has 0 aromatic carbocycles. The Hall–Kier alpha value is -1.85. The molecule has 1 heterocycles. The molecule has 1 aliphatic carbocycles. The first-order valence-corrected chi connectivity index (χ1v) is 6.57. The Bertz CT molecular complexity index is 488. The summed E-state index contributed by atoms with van der Waals surface area (Å²) in [6, 6.07) is 3.05. The molecular weight excluding hydrogens is 244 g/mol. The lowest BCUT2D eigenvalue weighted by Gasteiger charge is -2.39. The third kappa shape index (κ3) is 2.94. The zero-order valence-corrected chi connectivity index (χ0v) is 11.3. The summed E-state index contributed by atoms with van der Waals surface area (Å²) in [5, 5.41) is 14.2. The zero-order valence-electron chi connectivity index (χ0n) is 11.3. The molecule has 104 valence electrons. The first kappa shape index (κ1) is 13.6. The molecular formula is C13H20N4O2. The number of nitro groups is 1. The number of rotatable bonds is 3. The van der Waals surface area contributed by atoms with E-state index in [-0.39, 0.29) is 23.0 Å². The van der Waals surface area contributed by atoms with Crippen molar-refractivity contribution >= 4 is 17.3 Å². The monoisotopic (exact) mass is 264 g/mol. The van der Waals surface area contributed by atoms with Crippen molar-refractivity contribution in [3.8, 4) is 0 Å². The maximum absolute atomic E-state index is 11.0. The Labute approximate surface area is 112 Å². The number of hydrogen-bond acceptors (Lipinski definition) is 5. The minimum atomic E-state index is -0.426. The fraction of sp³-hybridized carbons (Fsp3) is 0.615. The minimum Gasteiger partial charge on any atom is -0.384 e. The van der Waals surface area contributed by atoms with Crippen LogP contribution in [0.1, 0.15) is 39.5 Å². The first-order chi connectivity index (χ1) is 8.90. The van der Waals surface area contributed by atoms with Crippen LogP contribution in [0.2, 0.25) is 0 Å². The molecule has 1 atom stereocenters. The largest absolute Gasteiger partial charge is 0.384 e. The van der Waals surface area contributed by atoms with Gasteiger partial charge in [-0.1, -0.05) is 26.7 Å². The van der Waals surface area contributed by atoms with Gasteiger partial charge in [-0.2, -0.15) is 0 Å². The first-order valence-electron chi connectivity index (χ1n) is 6.57. The standard InChI is InChI=1S/C13H20N4O2/c1-13(2)8-4-3-5-10(13)15-12-9(17(18)19)6-7-11(14)16-12/h6-7,10H,3-5,8H2,1-2H3,(H3,14,15,16). The Morgan fingerprint density at radius 2 is 2.21 bits per heavy atom. The summed E-state index contributed by atoms with van der Waals surface area (Å²) in [6.45, 7) is 4.36. The normalized spacial score (nSPS) is 21.9. The summed E-state index contributed by atoms with van der Waals surface area (Å²) < 4.78 is 0. The van der Waals surface area contributed by atoms with Crippen molar-refractivity contribution in [3.05, 3.63) is 22.2 Å². The molecule has 0 radical (unpaired) electrons. The van der Waals surface area contributed by atoms with Crippen LogP contribution in [-0.2, 0) is 0 Å². The summed E-state index contributed by atoms with van der Waals surface area (Å²) >= 11 is 0. The molecule has 6 heteroatoms. The molecule has 1 saturated carbocycles. The summed E-state index contributed by atoms with van der Waals surface area (Å²) in [7, 11) is 0. The summed E-state index contributed by atoms with van der Waals surface area (Å²) in [4.78, 5) is 14.7.